The first-order chi connectivity index (χ1) is 8.08. The highest BCUT2D eigenvalue weighted by atomic mass is 16.6. The van der Waals surface area contributed by atoms with Gasteiger partial charge in [0, 0.05) is 11.6 Å². The van der Waals surface area contributed by atoms with Gasteiger partial charge in [-0.3, -0.25) is 10.1 Å². The Labute approximate surface area is 95.9 Å². The van der Waals surface area contributed by atoms with Gasteiger partial charge in [-0.25, -0.2) is 0 Å². The Morgan fingerprint density at radius 3 is 2.65 bits per heavy atom. The van der Waals surface area contributed by atoms with Crippen molar-refractivity contribution in [2.24, 2.45) is 9.98 Å². The first-order valence-electron chi connectivity index (χ1n) is 5.04. The molecule has 0 bridgehead atoms. The summed E-state index contributed by atoms with van der Waals surface area (Å²) in [6.07, 6.45) is 0.469. The van der Waals surface area contributed by atoms with E-state index in [2.05, 4.69) is 14.8 Å². The van der Waals surface area contributed by atoms with Crippen molar-refractivity contribution in [3.63, 3.8) is 0 Å². The van der Waals surface area contributed by atoms with E-state index in [1.165, 1.54) is 6.07 Å². The molecule has 86 valence electrons. The van der Waals surface area contributed by atoms with E-state index < -0.39 is 4.92 Å². The van der Waals surface area contributed by atoms with E-state index in [-0.39, 0.29) is 11.6 Å². The number of nitro benzene ring substituents is 1. The molecule has 0 unspecified atom stereocenters. The molecule has 0 aromatic heterocycles. The van der Waals surface area contributed by atoms with Gasteiger partial charge in [0.15, 0.2) is 10.7 Å². The fourth-order valence-corrected chi connectivity index (χ4v) is 1.85. The van der Waals surface area contributed by atoms with E-state index in [9.17, 15) is 10.1 Å². The second-order valence-electron chi connectivity index (χ2n) is 3.62. The number of rotatable bonds is 2. The summed E-state index contributed by atoms with van der Waals surface area (Å²) >= 11 is 0. The van der Waals surface area contributed by atoms with Crippen LogP contribution in [-0.2, 0) is 6.42 Å². The zero-order valence-electron chi connectivity index (χ0n) is 9.34. The smallest absolute Gasteiger partial charge is 0.507 e. The molecule has 1 aromatic carbocycles. The summed E-state index contributed by atoms with van der Waals surface area (Å²) in [5.74, 6) is -0.0710. The standard InChI is InChI=1S/C10H9N5O2/c1-3-6-7(15(16)17)4-5(2)8-9(6)13-10(12-8)14-11/h4H,3H2,1-2H3. The van der Waals surface area contributed by atoms with Crippen molar-refractivity contribution in [1.82, 2.24) is 0 Å². The number of fused-ring (bicyclic) bond motifs is 1. The fraction of sp³-hybridized carbons (Fsp3) is 0.300. The molecule has 1 aromatic rings. The van der Waals surface area contributed by atoms with Crippen LogP contribution in [0.2, 0.25) is 0 Å². The van der Waals surface area contributed by atoms with Crippen LogP contribution in [0.15, 0.2) is 16.1 Å². The molecule has 0 fully saturated rings. The normalized spacial score (nSPS) is 12.5. The van der Waals surface area contributed by atoms with Crippen LogP contribution in [0.3, 0.4) is 0 Å². The predicted molar refractivity (Wildman–Crippen MR) is 58.1 cm³/mol. The Bertz CT molecular complexity index is 686. The molecular weight excluding hydrogens is 222 g/mol. The minimum Gasteiger partial charge on any atom is -0.542 e. The first-order valence-corrected chi connectivity index (χ1v) is 5.04. The van der Waals surface area contributed by atoms with Crippen molar-refractivity contribution in [2.75, 3.05) is 0 Å². The van der Waals surface area contributed by atoms with E-state index in [1.54, 1.807) is 6.92 Å². The first kappa shape index (κ1) is 11.1. The van der Waals surface area contributed by atoms with Crippen molar-refractivity contribution in [3.8, 4) is 0 Å². The highest BCUT2D eigenvalue weighted by Gasteiger charge is 2.25. The summed E-state index contributed by atoms with van der Waals surface area (Å²) in [7, 11) is 0. The van der Waals surface area contributed by atoms with Gasteiger partial charge >= 0.3 is 5.96 Å². The lowest BCUT2D eigenvalue weighted by molar-refractivity contribution is -0.385. The monoisotopic (exact) mass is 231 g/mol. The third kappa shape index (κ3) is 1.62. The molecule has 1 heterocycles. The summed E-state index contributed by atoms with van der Waals surface area (Å²) in [5, 5.41) is 11.9. The highest BCUT2D eigenvalue weighted by Crippen LogP contribution is 2.15. The molecule has 17 heavy (non-hydrogen) atoms. The van der Waals surface area contributed by atoms with E-state index in [0.717, 1.165) is 0 Å². The second kappa shape index (κ2) is 3.88. The predicted octanol–water partition coefficient (Wildman–Crippen LogP) is 0.304. The Morgan fingerprint density at radius 2 is 2.12 bits per heavy atom. The minimum absolute atomic E-state index is 0.0295. The number of hydrogen-bond donors (Lipinski definition) is 0. The van der Waals surface area contributed by atoms with Crippen LogP contribution in [0.5, 0.6) is 0 Å². The summed E-state index contributed by atoms with van der Waals surface area (Å²) in [6, 6.07) is 1.47. The van der Waals surface area contributed by atoms with Gasteiger partial charge in [-0.15, -0.1) is 0 Å². The average Bonchev–Trinajstić information content (AvgIpc) is 2.73. The van der Waals surface area contributed by atoms with Gasteiger partial charge in [-0.2, -0.15) is 0 Å². The molecule has 0 N–H and O–H groups in total. The average molecular weight is 231 g/mol. The number of aryl methyl sites for hydroxylation is 1. The molecule has 0 aliphatic carbocycles. The summed E-state index contributed by atoms with van der Waals surface area (Å²) in [5.41, 5.74) is 9.82. The maximum atomic E-state index is 10.9. The molecule has 0 saturated heterocycles. The summed E-state index contributed by atoms with van der Waals surface area (Å²) in [4.78, 5) is 21.4. The number of nitrogens with zero attached hydrogens (tertiary/aromatic N) is 5. The van der Waals surface area contributed by atoms with Crippen molar-refractivity contribution in [2.45, 2.75) is 20.3 Å². The zero-order chi connectivity index (χ0) is 12.6. The molecule has 0 saturated carbocycles. The number of hydrogen-bond acceptors (Lipinski definition) is 2. The summed E-state index contributed by atoms with van der Waals surface area (Å²) in [6.45, 7) is 3.52. The highest BCUT2D eigenvalue weighted by molar-refractivity contribution is 5.78. The molecule has 2 rings (SSSR count). The molecular formula is C10H9N5O2. The largest absolute Gasteiger partial charge is 0.542 e. The SMILES string of the molecule is CCc1c([N+](=O)[O-])cc(C)c2c1=NC(=[N+]=[N-])N=2. The van der Waals surface area contributed by atoms with Crippen LogP contribution in [0.4, 0.5) is 5.69 Å². The molecule has 0 radical (unpaired) electrons. The molecule has 0 spiro atoms. The van der Waals surface area contributed by atoms with E-state index in [1.807, 2.05) is 6.92 Å². The van der Waals surface area contributed by atoms with E-state index in [0.29, 0.717) is 28.3 Å². The Balaban J connectivity index is 2.95. The van der Waals surface area contributed by atoms with Gasteiger partial charge in [-0.05, 0) is 13.3 Å². The van der Waals surface area contributed by atoms with Gasteiger partial charge < -0.3 is 10.3 Å². The van der Waals surface area contributed by atoms with Crippen molar-refractivity contribution < 1.29 is 9.71 Å². The number of nitro groups is 1. The molecule has 0 amide bonds. The molecule has 1 aliphatic heterocycles. The van der Waals surface area contributed by atoms with Gasteiger partial charge in [0.25, 0.3) is 5.69 Å². The maximum absolute atomic E-state index is 10.9. The van der Waals surface area contributed by atoms with Gasteiger partial charge in [-0.1, -0.05) is 16.9 Å². The fourth-order valence-electron chi connectivity index (χ4n) is 1.85. The third-order valence-corrected chi connectivity index (χ3v) is 2.61. The number of benzene rings is 1. The van der Waals surface area contributed by atoms with Crippen LogP contribution in [0.1, 0.15) is 18.1 Å². The van der Waals surface area contributed by atoms with Crippen LogP contribution in [0, 0.1) is 17.0 Å². The van der Waals surface area contributed by atoms with Crippen LogP contribution >= 0.6 is 0 Å². The van der Waals surface area contributed by atoms with Gasteiger partial charge in [0.2, 0.25) is 0 Å². The second-order valence-corrected chi connectivity index (χ2v) is 3.62. The summed E-state index contributed by atoms with van der Waals surface area (Å²) < 4.78 is 0. The molecule has 0 atom stereocenters. The Morgan fingerprint density at radius 1 is 1.47 bits per heavy atom. The minimum atomic E-state index is -0.435. The lowest BCUT2D eigenvalue weighted by Gasteiger charge is -1.98. The molecule has 7 nitrogen and oxygen atoms in total. The lowest BCUT2D eigenvalue weighted by atomic mass is 10.1. The van der Waals surface area contributed by atoms with E-state index in [4.69, 9.17) is 5.53 Å². The topological polar surface area (TPSA) is 104 Å². The quantitative estimate of drug-likeness (QED) is 0.316. The van der Waals surface area contributed by atoms with Crippen molar-refractivity contribution in [1.29, 1.82) is 0 Å². The van der Waals surface area contributed by atoms with Crippen LogP contribution in [-0.4, -0.2) is 15.7 Å². The Hall–Kier alpha value is -2.40. The maximum Gasteiger partial charge on any atom is 0.507 e. The van der Waals surface area contributed by atoms with Gasteiger partial charge in [0.1, 0.15) is 0 Å². The van der Waals surface area contributed by atoms with Crippen molar-refractivity contribution in [3.05, 3.63) is 43.6 Å². The van der Waals surface area contributed by atoms with Crippen molar-refractivity contribution >= 4 is 11.6 Å². The molecule has 7 heteroatoms. The van der Waals surface area contributed by atoms with E-state index >= 15 is 0 Å². The molecule has 1 aliphatic rings. The Kier molecular flexibility index (Phi) is 2.53. The third-order valence-electron chi connectivity index (χ3n) is 2.61. The van der Waals surface area contributed by atoms with Crippen LogP contribution in [0.25, 0.3) is 5.53 Å². The zero-order valence-corrected chi connectivity index (χ0v) is 9.34. The van der Waals surface area contributed by atoms with Gasteiger partial charge in [0.05, 0.1) is 10.5 Å². The lowest BCUT2D eigenvalue weighted by Crippen LogP contribution is -2.29. The van der Waals surface area contributed by atoms with Crippen LogP contribution < -0.4 is 10.7 Å². The number of guanidine groups is 1.